The van der Waals surface area contributed by atoms with Crippen molar-refractivity contribution in [3.63, 3.8) is 0 Å². The van der Waals surface area contributed by atoms with Crippen molar-refractivity contribution in [3.8, 4) is 0 Å². The van der Waals surface area contributed by atoms with Gasteiger partial charge in [-0.2, -0.15) is 13.2 Å². The Labute approximate surface area is 134 Å². The fourth-order valence-electron chi connectivity index (χ4n) is 2.54. The van der Waals surface area contributed by atoms with Crippen LogP contribution in [0.25, 0.3) is 0 Å². The van der Waals surface area contributed by atoms with E-state index in [0.29, 0.717) is 37.4 Å². The van der Waals surface area contributed by atoms with Crippen LogP contribution in [0.1, 0.15) is 35.8 Å². The molecule has 1 aliphatic heterocycles. The first-order valence-electron chi connectivity index (χ1n) is 6.99. The number of hydrogen-bond donors (Lipinski definition) is 3. The summed E-state index contributed by atoms with van der Waals surface area (Å²) in [5, 5.41) is 21.0. The van der Waals surface area contributed by atoms with Gasteiger partial charge in [0, 0.05) is 25.7 Å². The molecule has 6 nitrogen and oxygen atoms in total. The third-order valence-corrected chi connectivity index (χ3v) is 4.50. The molecule has 0 saturated carbocycles. The number of aliphatic hydroxyl groups is 1. The van der Waals surface area contributed by atoms with Crippen molar-refractivity contribution in [2.24, 2.45) is 0 Å². The van der Waals surface area contributed by atoms with E-state index in [2.05, 4.69) is 10.3 Å². The molecule has 1 aliphatic rings. The molecule has 23 heavy (non-hydrogen) atoms. The molecule has 1 atom stereocenters. The van der Waals surface area contributed by atoms with E-state index >= 15 is 0 Å². The number of thiazole rings is 1. The molecule has 0 bridgehead atoms. The maximum absolute atomic E-state index is 12.8. The fraction of sp³-hybridized carbons (Fsp3) is 0.692. The lowest BCUT2D eigenvalue weighted by atomic mass is 9.98. The molecule has 0 radical (unpaired) electrons. The highest BCUT2D eigenvalue weighted by Crippen LogP contribution is 2.39. The molecular weight excluding hydrogens is 335 g/mol. The first-order valence-corrected chi connectivity index (χ1v) is 7.81. The predicted molar refractivity (Wildman–Crippen MR) is 79.0 cm³/mol. The standard InChI is InChI=1S/C13H18F3N3O3S/c1-12(2,22)5-7-6-19(4-3-17-7)9-8(10(20)21)18-11(23-9)13(14,15)16/h7,17,22H,3-6H2,1-2H3,(H,20,21). The van der Waals surface area contributed by atoms with Gasteiger partial charge >= 0.3 is 12.1 Å². The third-order valence-electron chi connectivity index (χ3n) is 3.34. The molecule has 1 unspecified atom stereocenters. The van der Waals surface area contributed by atoms with Crippen LogP contribution in [-0.4, -0.2) is 52.4 Å². The fourth-order valence-corrected chi connectivity index (χ4v) is 3.50. The molecule has 1 saturated heterocycles. The number of rotatable bonds is 4. The predicted octanol–water partition coefficient (Wildman–Crippen LogP) is 1.80. The Kier molecular flexibility index (Phi) is 4.88. The number of anilines is 1. The van der Waals surface area contributed by atoms with E-state index in [4.69, 9.17) is 5.11 Å². The van der Waals surface area contributed by atoms with Crippen molar-refractivity contribution in [1.82, 2.24) is 10.3 Å². The molecule has 10 heteroatoms. The average molecular weight is 353 g/mol. The Morgan fingerprint density at radius 3 is 2.65 bits per heavy atom. The minimum Gasteiger partial charge on any atom is -0.476 e. The molecule has 1 fully saturated rings. The minimum atomic E-state index is -4.67. The van der Waals surface area contributed by atoms with Crippen LogP contribution < -0.4 is 10.2 Å². The molecule has 1 aromatic rings. The first-order chi connectivity index (χ1) is 10.5. The van der Waals surface area contributed by atoms with E-state index < -0.39 is 28.4 Å². The summed E-state index contributed by atoms with van der Waals surface area (Å²) >= 11 is 0.340. The van der Waals surface area contributed by atoms with E-state index in [1.165, 1.54) is 0 Å². The first kappa shape index (κ1) is 18.0. The van der Waals surface area contributed by atoms with Crippen LogP contribution >= 0.6 is 11.3 Å². The normalized spacial score (nSPS) is 19.9. The Hall–Kier alpha value is -1.39. The SMILES string of the molecule is CC(C)(O)CC1CN(c2sc(C(F)(F)F)nc2C(=O)O)CCN1. The molecule has 2 rings (SSSR count). The number of nitrogens with zero attached hydrogens (tertiary/aromatic N) is 2. The third kappa shape index (κ3) is 4.55. The summed E-state index contributed by atoms with van der Waals surface area (Å²) < 4.78 is 38.4. The molecule has 1 aromatic heterocycles. The summed E-state index contributed by atoms with van der Waals surface area (Å²) in [6.07, 6.45) is -4.27. The van der Waals surface area contributed by atoms with Crippen molar-refractivity contribution in [1.29, 1.82) is 0 Å². The molecule has 0 spiro atoms. The van der Waals surface area contributed by atoms with Crippen LogP contribution in [0, 0.1) is 0 Å². The highest BCUT2D eigenvalue weighted by Gasteiger charge is 2.39. The van der Waals surface area contributed by atoms with Crippen molar-refractivity contribution in [2.75, 3.05) is 24.5 Å². The second-order valence-corrected chi connectivity index (χ2v) is 7.07. The maximum atomic E-state index is 12.8. The Balaban J connectivity index is 2.26. The smallest absolute Gasteiger partial charge is 0.443 e. The number of carboxylic acid groups (broad SMARTS) is 1. The summed E-state index contributed by atoms with van der Waals surface area (Å²) in [7, 11) is 0. The lowest BCUT2D eigenvalue weighted by Crippen LogP contribution is -2.53. The number of alkyl halides is 3. The van der Waals surface area contributed by atoms with E-state index in [-0.39, 0.29) is 11.0 Å². The monoisotopic (exact) mass is 353 g/mol. The number of carbonyl (C=O) groups is 1. The number of hydrogen-bond acceptors (Lipinski definition) is 6. The molecule has 0 aliphatic carbocycles. The topological polar surface area (TPSA) is 85.7 Å². The zero-order valence-corrected chi connectivity index (χ0v) is 13.5. The summed E-state index contributed by atoms with van der Waals surface area (Å²) in [4.78, 5) is 16.0. The number of carboxylic acids is 1. The number of nitrogens with one attached hydrogen (secondary N) is 1. The molecule has 2 heterocycles. The molecule has 0 amide bonds. The minimum absolute atomic E-state index is 0.00655. The van der Waals surface area contributed by atoms with Crippen LogP contribution in [0.2, 0.25) is 0 Å². The van der Waals surface area contributed by atoms with Gasteiger partial charge in [0.1, 0.15) is 5.00 Å². The van der Waals surface area contributed by atoms with Crippen LogP contribution in [-0.2, 0) is 6.18 Å². The van der Waals surface area contributed by atoms with Gasteiger partial charge in [-0.3, -0.25) is 0 Å². The van der Waals surface area contributed by atoms with Gasteiger partial charge in [-0.1, -0.05) is 11.3 Å². The van der Waals surface area contributed by atoms with Gasteiger partial charge < -0.3 is 20.4 Å². The zero-order valence-electron chi connectivity index (χ0n) is 12.6. The summed E-state index contributed by atoms with van der Waals surface area (Å²) in [5.74, 6) is -1.48. The van der Waals surface area contributed by atoms with Crippen molar-refractivity contribution < 1.29 is 28.2 Å². The highest BCUT2D eigenvalue weighted by atomic mass is 32.1. The Bertz CT molecular complexity index is 583. The van der Waals surface area contributed by atoms with Gasteiger partial charge in [-0.25, -0.2) is 9.78 Å². The average Bonchev–Trinajstić information content (AvgIpc) is 2.81. The molecule has 0 aromatic carbocycles. The maximum Gasteiger partial charge on any atom is 0.443 e. The second kappa shape index (κ2) is 6.25. The second-order valence-electron chi connectivity index (χ2n) is 6.09. The zero-order chi connectivity index (χ0) is 17.4. The molecule has 130 valence electrons. The number of halogens is 3. The number of aromatic nitrogens is 1. The van der Waals surface area contributed by atoms with Crippen molar-refractivity contribution in [2.45, 2.75) is 38.1 Å². The van der Waals surface area contributed by atoms with Gasteiger partial charge in [-0.05, 0) is 20.3 Å². The van der Waals surface area contributed by atoms with Crippen LogP contribution in [0.4, 0.5) is 18.2 Å². The van der Waals surface area contributed by atoms with E-state index in [1.807, 2.05) is 0 Å². The summed E-state index contributed by atoms with van der Waals surface area (Å²) in [6.45, 7) is 4.46. The largest absolute Gasteiger partial charge is 0.476 e. The molecule has 3 N–H and O–H groups in total. The van der Waals surface area contributed by atoms with Gasteiger partial charge in [0.25, 0.3) is 0 Å². The van der Waals surface area contributed by atoms with Gasteiger partial charge in [0.2, 0.25) is 5.01 Å². The van der Waals surface area contributed by atoms with Gasteiger partial charge in [0.15, 0.2) is 5.69 Å². The van der Waals surface area contributed by atoms with Crippen molar-refractivity contribution in [3.05, 3.63) is 10.7 Å². The Morgan fingerprint density at radius 2 is 2.13 bits per heavy atom. The lowest BCUT2D eigenvalue weighted by molar-refractivity contribution is -0.137. The lowest BCUT2D eigenvalue weighted by Gasteiger charge is -2.36. The Morgan fingerprint density at radius 1 is 1.48 bits per heavy atom. The van der Waals surface area contributed by atoms with Crippen LogP contribution in [0.3, 0.4) is 0 Å². The van der Waals surface area contributed by atoms with E-state index in [9.17, 15) is 23.1 Å². The van der Waals surface area contributed by atoms with Crippen LogP contribution in [0.15, 0.2) is 0 Å². The molecular formula is C13H18F3N3O3S. The summed E-state index contributed by atoms with van der Waals surface area (Å²) in [5.41, 5.74) is -1.51. The van der Waals surface area contributed by atoms with Gasteiger partial charge in [-0.15, -0.1) is 0 Å². The van der Waals surface area contributed by atoms with Gasteiger partial charge in [0.05, 0.1) is 5.60 Å². The van der Waals surface area contributed by atoms with Crippen molar-refractivity contribution >= 4 is 22.3 Å². The van der Waals surface area contributed by atoms with E-state index in [1.54, 1.807) is 18.7 Å². The highest BCUT2D eigenvalue weighted by molar-refractivity contribution is 7.16. The van der Waals surface area contributed by atoms with Crippen LogP contribution in [0.5, 0.6) is 0 Å². The quantitative estimate of drug-likeness (QED) is 0.765. The number of aromatic carboxylic acids is 1. The number of piperazine rings is 1. The summed E-state index contributed by atoms with van der Waals surface area (Å²) in [6, 6.07) is -0.151. The van der Waals surface area contributed by atoms with E-state index in [0.717, 1.165) is 0 Å².